The lowest BCUT2D eigenvalue weighted by molar-refractivity contribution is 0.393. The zero-order valence-electron chi connectivity index (χ0n) is 17.6. The summed E-state index contributed by atoms with van der Waals surface area (Å²) >= 11 is 0. The predicted molar refractivity (Wildman–Crippen MR) is 117 cm³/mol. The van der Waals surface area contributed by atoms with E-state index >= 15 is 0 Å². The first-order valence-electron chi connectivity index (χ1n) is 9.88. The number of hydrogen-bond donors (Lipinski definition) is 0. The molecule has 0 radical (unpaired) electrons. The van der Waals surface area contributed by atoms with Gasteiger partial charge in [0.1, 0.15) is 5.76 Å². The number of nitrogens with zero attached hydrogens (tertiary/aromatic N) is 4. The van der Waals surface area contributed by atoms with Gasteiger partial charge >= 0.3 is 0 Å². The molecule has 4 rings (SSSR count). The van der Waals surface area contributed by atoms with E-state index < -0.39 is 0 Å². The highest BCUT2D eigenvalue weighted by Gasteiger charge is 2.16. The van der Waals surface area contributed by atoms with E-state index in [4.69, 9.17) is 4.52 Å². The molecule has 0 saturated carbocycles. The Hall–Kier alpha value is -3.34. The minimum Gasteiger partial charge on any atom is -0.361 e. The smallest absolute Gasteiger partial charge is 0.141 e. The number of aryl methyl sites for hydroxylation is 4. The normalized spacial score (nSPS) is 11.1. The Morgan fingerprint density at radius 3 is 2.28 bits per heavy atom. The van der Waals surface area contributed by atoms with Gasteiger partial charge in [-0.25, -0.2) is 0 Å². The fourth-order valence-corrected chi connectivity index (χ4v) is 3.85. The minimum absolute atomic E-state index is 0.848. The van der Waals surface area contributed by atoms with Crippen molar-refractivity contribution in [1.82, 2.24) is 14.9 Å². The van der Waals surface area contributed by atoms with Gasteiger partial charge in [0.25, 0.3) is 0 Å². The number of hydrogen-bond acceptors (Lipinski definition) is 4. The third-order valence-electron chi connectivity index (χ3n) is 5.36. The monoisotopic (exact) mass is 386 g/mol. The van der Waals surface area contributed by atoms with Crippen LogP contribution in [0.2, 0.25) is 0 Å². The van der Waals surface area contributed by atoms with Crippen LogP contribution in [0, 0.1) is 20.8 Å². The maximum atomic E-state index is 5.38. The average molecular weight is 386 g/mol. The Kier molecular flexibility index (Phi) is 4.97. The number of benzene rings is 2. The molecular formula is C24H26N4O. The Balaban J connectivity index is 1.71. The van der Waals surface area contributed by atoms with Gasteiger partial charge in [0.15, 0.2) is 0 Å². The van der Waals surface area contributed by atoms with E-state index in [-0.39, 0.29) is 0 Å². The van der Waals surface area contributed by atoms with Crippen molar-refractivity contribution in [2.45, 2.75) is 27.7 Å². The molecule has 5 heteroatoms. The van der Waals surface area contributed by atoms with Gasteiger partial charge in [-0.05, 0) is 62.6 Å². The van der Waals surface area contributed by atoms with Gasteiger partial charge in [0.2, 0.25) is 0 Å². The van der Waals surface area contributed by atoms with Crippen molar-refractivity contribution in [3.05, 3.63) is 71.9 Å². The quantitative estimate of drug-likeness (QED) is 0.433. The van der Waals surface area contributed by atoms with Crippen LogP contribution in [0.25, 0.3) is 22.3 Å². The van der Waals surface area contributed by atoms with Gasteiger partial charge < -0.3 is 9.42 Å². The summed E-state index contributed by atoms with van der Waals surface area (Å²) in [5.74, 6) is 0.848. The SMILES string of the molecule is CCN(c1ccc(-c2cnn(C)c2)cc1)c1cc(-c2c(C)noc2C)ccc1C. The van der Waals surface area contributed by atoms with Crippen LogP contribution in [0.4, 0.5) is 11.4 Å². The van der Waals surface area contributed by atoms with Crippen LogP contribution in [0.1, 0.15) is 23.9 Å². The Bertz CT molecular complexity index is 1120. The second kappa shape index (κ2) is 7.59. The summed E-state index contributed by atoms with van der Waals surface area (Å²) in [7, 11) is 1.94. The van der Waals surface area contributed by atoms with Gasteiger partial charge in [-0.15, -0.1) is 0 Å². The van der Waals surface area contributed by atoms with Gasteiger partial charge in [0, 0.05) is 42.3 Å². The molecule has 0 aliphatic rings. The lowest BCUT2D eigenvalue weighted by Crippen LogP contribution is -2.17. The topological polar surface area (TPSA) is 47.1 Å². The molecule has 0 saturated heterocycles. The fourth-order valence-electron chi connectivity index (χ4n) is 3.85. The van der Waals surface area contributed by atoms with Crippen LogP contribution in [0.3, 0.4) is 0 Å². The van der Waals surface area contributed by atoms with Crippen LogP contribution >= 0.6 is 0 Å². The molecule has 29 heavy (non-hydrogen) atoms. The molecule has 0 aliphatic heterocycles. The van der Waals surface area contributed by atoms with Crippen LogP contribution < -0.4 is 4.90 Å². The van der Waals surface area contributed by atoms with Crippen molar-refractivity contribution in [3.63, 3.8) is 0 Å². The van der Waals surface area contributed by atoms with Crippen LogP contribution in [0.5, 0.6) is 0 Å². The molecule has 0 unspecified atom stereocenters. The molecule has 2 aromatic carbocycles. The van der Waals surface area contributed by atoms with Crippen molar-refractivity contribution in [2.24, 2.45) is 7.05 Å². The van der Waals surface area contributed by atoms with Crippen LogP contribution in [-0.2, 0) is 7.05 Å². The van der Waals surface area contributed by atoms with Crippen LogP contribution in [0.15, 0.2) is 59.4 Å². The summed E-state index contributed by atoms with van der Waals surface area (Å²) in [6, 6.07) is 15.2. The molecule has 0 bridgehead atoms. The Labute approximate surface area is 171 Å². The highest BCUT2D eigenvalue weighted by molar-refractivity contribution is 5.77. The molecule has 2 heterocycles. The average Bonchev–Trinajstić information content (AvgIpc) is 3.30. The summed E-state index contributed by atoms with van der Waals surface area (Å²) in [5.41, 5.74) is 9.01. The highest BCUT2D eigenvalue weighted by Crippen LogP contribution is 2.35. The van der Waals surface area contributed by atoms with Crippen LogP contribution in [-0.4, -0.2) is 21.5 Å². The van der Waals surface area contributed by atoms with E-state index in [1.54, 1.807) is 0 Å². The fraction of sp³-hybridized carbons (Fsp3) is 0.250. The molecule has 0 aliphatic carbocycles. The molecule has 0 amide bonds. The van der Waals surface area contributed by atoms with Crippen molar-refractivity contribution in [1.29, 1.82) is 0 Å². The largest absolute Gasteiger partial charge is 0.361 e. The van der Waals surface area contributed by atoms with Gasteiger partial charge in [-0.3, -0.25) is 4.68 Å². The zero-order valence-corrected chi connectivity index (χ0v) is 17.6. The predicted octanol–water partition coefficient (Wildman–Crippen LogP) is 5.83. The van der Waals surface area contributed by atoms with Crippen molar-refractivity contribution < 1.29 is 4.52 Å². The Morgan fingerprint density at radius 1 is 0.966 bits per heavy atom. The number of anilines is 2. The molecule has 5 nitrogen and oxygen atoms in total. The van der Waals surface area contributed by atoms with Gasteiger partial charge in [-0.2, -0.15) is 5.10 Å². The summed E-state index contributed by atoms with van der Waals surface area (Å²) in [6.07, 6.45) is 3.92. The summed E-state index contributed by atoms with van der Waals surface area (Å²) in [4.78, 5) is 2.34. The van der Waals surface area contributed by atoms with E-state index in [0.717, 1.165) is 34.7 Å². The first kappa shape index (κ1) is 19.0. The number of rotatable bonds is 5. The first-order chi connectivity index (χ1) is 14.0. The lowest BCUT2D eigenvalue weighted by Gasteiger charge is -2.26. The summed E-state index contributed by atoms with van der Waals surface area (Å²) in [5, 5.41) is 8.38. The zero-order chi connectivity index (χ0) is 20.5. The molecule has 0 atom stereocenters. The molecule has 0 fully saturated rings. The van der Waals surface area contributed by atoms with Gasteiger partial charge in [0.05, 0.1) is 11.9 Å². The van der Waals surface area contributed by atoms with Crippen molar-refractivity contribution >= 4 is 11.4 Å². The van der Waals surface area contributed by atoms with E-state index in [0.29, 0.717) is 0 Å². The first-order valence-corrected chi connectivity index (χ1v) is 9.88. The summed E-state index contributed by atoms with van der Waals surface area (Å²) in [6.45, 7) is 9.15. The lowest BCUT2D eigenvalue weighted by atomic mass is 10.0. The second-order valence-corrected chi connectivity index (χ2v) is 7.39. The van der Waals surface area contributed by atoms with E-state index in [1.165, 1.54) is 22.5 Å². The van der Waals surface area contributed by atoms with Crippen molar-refractivity contribution in [3.8, 4) is 22.3 Å². The van der Waals surface area contributed by atoms with Crippen molar-refractivity contribution in [2.75, 3.05) is 11.4 Å². The van der Waals surface area contributed by atoms with Gasteiger partial charge in [-0.1, -0.05) is 29.4 Å². The second-order valence-electron chi connectivity index (χ2n) is 7.39. The summed E-state index contributed by atoms with van der Waals surface area (Å²) < 4.78 is 7.20. The van der Waals surface area contributed by atoms with E-state index in [2.05, 4.69) is 71.5 Å². The third kappa shape index (κ3) is 3.56. The minimum atomic E-state index is 0.848. The molecule has 4 aromatic rings. The third-order valence-corrected chi connectivity index (χ3v) is 5.36. The van der Waals surface area contributed by atoms with E-state index in [9.17, 15) is 0 Å². The standard InChI is InChI=1S/C24H26N4O/c1-6-28(22-11-9-19(10-12-22)21-14-25-27(5)15-21)23-13-20(8-7-16(23)2)24-17(3)26-29-18(24)4/h7-15H,6H2,1-5H3. The van der Waals surface area contributed by atoms with E-state index in [1.807, 2.05) is 38.0 Å². The Morgan fingerprint density at radius 2 is 1.69 bits per heavy atom. The highest BCUT2D eigenvalue weighted by atomic mass is 16.5. The molecule has 2 aromatic heterocycles. The maximum absolute atomic E-state index is 5.38. The molecule has 0 N–H and O–H groups in total. The molecule has 0 spiro atoms. The number of aromatic nitrogens is 3. The maximum Gasteiger partial charge on any atom is 0.141 e. The molecule has 148 valence electrons. The molecular weight excluding hydrogens is 360 g/mol.